The Labute approximate surface area is 217 Å². The summed E-state index contributed by atoms with van der Waals surface area (Å²) in [5.74, 6) is 0.740. The minimum atomic E-state index is -0.472. The van der Waals surface area contributed by atoms with E-state index in [0.717, 1.165) is 54.9 Å². The number of rotatable bonds is 7. The van der Waals surface area contributed by atoms with Gasteiger partial charge < -0.3 is 5.32 Å². The van der Waals surface area contributed by atoms with E-state index in [1.54, 1.807) is 0 Å². The minimum Gasteiger partial charge on any atom is -0.309 e. The van der Waals surface area contributed by atoms with Gasteiger partial charge in [-0.25, -0.2) is 19.3 Å². The number of hydrogen-bond donors (Lipinski definition) is 1. The van der Waals surface area contributed by atoms with E-state index in [1.165, 1.54) is 6.20 Å². The van der Waals surface area contributed by atoms with Crippen molar-refractivity contribution in [3.8, 4) is 11.3 Å². The predicted octanol–water partition coefficient (Wildman–Crippen LogP) is 4.96. The molecule has 0 spiro atoms. The largest absolute Gasteiger partial charge is 0.309 e. The fourth-order valence-corrected chi connectivity index (χ4v) is 5.08. The number of aryl methyl sites for hydroxylation is 1. The highest BCUT2D eigenvalue weighted by Gasteiger charge is 2.19. The summed E-state index contributed by atoms with van der Waals surface area (Å²) in [5, 5.41) is 8.71. The van der Waals surface area contributed by atoms with Crippen molar-refractivity contribution in [2.45, 2.75) is 46.2 Å². The summed E-state index contributed by atoms with van der Waals surface area (Å²) >= 11 is 0. The van der Waals surface area contributed by atoms with E-state index in [9.17, 15) is 4.39 Å². The first-order chi connectivity index (χ1) is 17.8. The number of piperazine rings is 1. The van der Waals surface area contributed by atoms with E-state index in [4.69, 9.17) is 0 Å². The van der Waals surface area contributed by atoms with Crippen LogP contribution in [0.15, 0.2) is 42.7 Å². The fraction of sp³-hybridized carbons (Fsp3) is 0.429. The van der Waals surface area contributed by atoms with Gasteiger partial charge in [0, 0.05) is 68.7 Å². The Kier molecular flexibility index (Phi) is 7.17. The molecule has 5 rings (SSSR count). The molecule has 8 nitrogen and oxygen atoms in total. The third-order valence-electron chi connectivity index (χ3n) is 7.05. The van der Waals surface area contributed by atoms with Crippen LogP contribution in [0.2, 0.25) is 0 Å². The molecule has 1 aromatic carbocycles. The molecule has 4 heterocycles. The van der Waals surface area contributed by atoms with Crippen LogP contribution in [0.5, 0.6) is 0 Å². The summed E-state index contributed by atoms with van der Waals surface area (Å²) in [4.78, 5) is 18.1. The van der Waals surface area contributed by atoms with E-state index in [-0.39, 0.29) is 11.6 Å². The van der Waals surface area contributed by atoms with Crippen LogP contribution in [-0.4, -0.2) is 66.8 Å². The number of nitrogens with zero attached hydrogens (tertiary/aromatic N) is 7. The number of fused-ring (bicyclic) bond motifs is 1. The summed E-state index contributed by atoms with van der Waals surface area (Å²) in [6.45, 7) is 14.0. The van der Waals surface area contributed by atoms with Crippen LogP contribution in [0.3, 0.4) is 0 Å². The highest BCUT2D eigenvalue weighted by atomic mass is 19.1. The number of hydrogen-bond acceptors (Lipinski definition) is 7. The third-order valence-corrected chi connectivity index (χ3v) is 7.05. The van der Waals surface area contributed by atoms with E-state index in [1.807, 2.05) is 42.2 Å². The van der Waals surface area contributed by atoms with Crippen LogP contribution in [0.1, 0.15) is 44.9 Å². The molecule has 0 bridgehead atoms. The van der Waals surface area contributed by atoms with Gasteiger partial charge in [-0.2, -0.15) is 5.10 Å². The van der Waals surface area contributed by atoms with Gasteiger partial charge in [-0.15, -0.1) is 0 Å². The first kappa shape index (κ1) is 25.2. The Morgan fingerprint density at radius 1 is 0.973 bits per heavy atom. The maximum absolute atomic E-state index is 14.8. The smallest absolute Gasteiger partial charge is 0.229 e. The van der Waals surface area contributed by atoms with Gasteiger partial charge in [0.2, 0.25) is 5.95 Å². The summed E-state index contributed by atoms with van der Waals surface area (Å²) < 4.78 is 16.7. The molecule has 4 aromatic rings. The van der Waals surface area contributed by atoms with Crippen LogP contribution in [0.25, 0.3) is 22.2 Å². The molecule has 3 aromatic heterocycles. The average molecular weight is 503 g/mol. The molecule has 1 N–H and O–H groups in total. The van der Waals surface area contributed by atoms with E-state index in [0.29, 0.717) is 23.4 Å². The molecular formula is C28H35FN8. The lowest BCUT2D eigenvalue weighted by molar-refractivity contribution is 0.104. The van der Waals surface area contributed by atoms with Gasteiger partial charge in [-0.3, -0.25) is 14.5 Å². The van der Waals surface area contributed by atoms with Gasteiger partial charge in [0.15, 0.2) is 5.82 Å². The van der Waals surface area contributed by atoms with Crippen molar-refractivity contribution in [3.05, 3.63) is 59.8 Å². The zero-order valence-corrected chi connectivity index (χ0v) is 22.2. The lowest BCUT2D eigenvalue weighted by Crippen LogP contribution is -2.48. The maximum Gasteiger partial charge on any atom is 0.229 e. The number of nitrogens with one attached hydrogen (secondary N) is 1. The van der Waals surface area contributed by atoms with Gasteiger partial charge in [0.25, 0.3) is 0 Å². The van der Waals surface area contributed by atoms with Crippen LogP contribution < -0.4 is 5.32 Å². The molecule has 1 saturated heterocycles. The Hall–Kier alpha value is -3.43. The molecule has 0 aliphatic carbocycles. The van der Waals surface area contributed by atoms with E-state index in [2.05, 4.69) is 68.9 Å². The third kappa shape index (κ3) is 5.47. The highest BCUT2D eigenvalue weighted by Crippen LogP contribution is 2.30. The van der Waals surface area contributed by atoms with E-state index < -0.39 is 5.82 Å². The number of aromatic nitrogens is 5. The zero-order chi connectivity index (χ0) is 26.1. The molecule has 194 valence electrons. The van der Waals surface area contributed by atoms with Gasteiger partial charge >= 0.3 is 0 Å². The number of pyridine rings is 1. The van der Waals surface area contributed by atoms with Crippen molar-refractivity contribution in [1.82, 2.24) is 34.5 Å². The second-order valence-electron chi connectivity index (χ2n) is 10.4. The molecule has 37 heavy (non-hydrogen) atoms. The summed E-state index contributed by atoms with van der Waals surface area (Å²) in [5.41, 5.74) is 4.08. The average Bonchev–Trinajstić information content (AvgIpc) is 3.22. The van der Waals surface area contributed by atoms with Gasteiger partial charge in [-0.05, 0) is 43.5 Å². The van der Waals surface area contributed by atoms with Gasteiger partial charge in [-0.1, -0.05) is 26.0 Å². The monoisotopic (exact) mass is 502 g/mol. The molecule has 0 atom stereocenters. The molecule has 1 aliphatic heterocycles. The number of anilines is 2. The SMILES string of the molecule is CC(C)c1c2cc(-c3nc(Nc4ccc(CN5CCN(C(C)C)CC5)cn4)ncc3F)ccc2nn1C. The Bertz CT molecular complexity index is 1370. The number of benzene rings is 1. The first-order valence-corrected chi connectivity index (χ1v) is 13.0. The summed E-state index contributed by atoms with van der Waals surface area (Å²) in [6, 6.07) is 10.3. The first-order valence-electron chi connectivity index (χ1n) is 13.0. The summed E-state index contributed by atoms with van der Waals surface area (Å²) in [7, 11) is 1.94. The van der Waals surface area contributed by atoms with Crippen molar-refractivity contribution >= 4 is 22.7 Å². The molecular weight excluding hydrogens is 467 g/mol. The zero-order valence-electron chi connectivity index (χ0n) is 22.2. The molecule has 0 saturated carbocycles. The highest BCUT2D eigenvalue weighted by molar-refractivity contribution is 5.86. The fourth-order valence-electron chi connectivity index (χ4n) is 5.08. The van der Waals surface area contributed by atoms with Crippen LogP contribution in [-0.2, 0) is 13.6 Å². The molecule has 9 heteroatoms. The topological polar surface area (TPSA) is 75.0 Å². The van der Waals surface area contributed by atoms with Gasteiger partial charge in [0.1, 0.15) is 11.5 Å². The number of halogens is 1. The Morgan fingerprint density at radius 2 is 1.76 bits per heavy atom. The van der Waals surface area contributed by atoms with Crippen molar-refractivity contribution in [2.75, 3.05) is 31.5 Å². The quantitative estimate of drug-likeness (QED) is 0.383. The van der Waals surface area contributed by atoms with Crippen molar-refractivity contribution in [3.63, 3.8) is 0 Å². The Balaban J connectivity index is 1.30. The summed E-state index contributed by atoms with van der Waals surface area (Å²) in [6.07, 6.45) is 3.08. The van der Waals surface area contributed by atoms with Crippen LogP contribution in [0.4, 0.5) is 16.2 Å². The lowest BCUT2D eigenvalue weighted by atomic mass is 10.0. The van der Waals surface area contributed by atoms with Crippen molar-refractivity contribution in [1.29, 1.82) is 0 Å². The minimum absolute atomic E-state index is 0.245. The predicted molar refractivity (Wildman–Crippen MR) is 145 cm³/mol. The van der Waals surface area contributed by atoms with Crippen LogP contribution in [0, 0.1) is 5.82 Å². The van der Waals surface area contributed by atoms with Gasteiger partial charge in [0.05, 0.1) is 11.7 Å². The molecule has 0 amide bonds. The van der Waals surface area contributed by atoms with Crippen molar-refractivity contribution in [2.24, 2.45) is 7.05 Å². The Morgan fingerprint density at radius 3 is 2.43 bits per heavy atom. The van der Waals surface area contributed by atoms with E-state index >= 15 is 0 Å². The standard InChI is InChI=1S/C28H35FN8/c1-18(2)27-22-14-21(7-8-24(22)34-35(27)5)26-23(29)16-31-28(33-26)32-25-9-6-20(15-30-25)17-36-10-12-37(13-11-36)19(3)4/h6-9,14-16,18-19H,10-13,17H2,1-5H3,(H,30,31,32,33). The van der Waals surface area contributed by atoms with Crippen molar-refractivity contribution < 1.29 is 4.39 Å². The second-order valence-corrected chi connectivity index (χ2v) is 10.4. The molecule has 1 aliphatic rings. The molecule has 0 radical (unpaired) electrons. The maximum atomic E-state index is 14.8. The normalized spacial score (nSPS) is 15.2. The molecule has 1 fully saturated rings. The second kappa shape index (κ2) is 10.5. The van der Waals surface area contributed by atoms with Crippen LogP contribution >= 0.6 is 0 Å². The molecule has 0 unspecified atom stereocenters. The lowest BCUT2D eigenvalue weighted by Gasteiger charge is -2.36.